The molecule has 30 heavy (non-hydrogen) atoms. The number of halogens is 1. The van der Waals surface area contributed by atoms with Gasteiger partial charge in [0.2, 0.25) is 0 Å². The van der Waals surface area contributed by atoms with Crippen LogP contribution in [0, 0.1) is 12.7 Å². The van der Waals surface area contributed by atoms with Gasteiger partial charge in [0.25, 0.3) is 5.91 Å². The third kappa shape index (κ3) is 4.16. The predicted molar refractivity (Wildman–Crippen MR) is 115 cm³/mol. The van der Waals surface area contributed by atoms with E-state index in [-0.39, 0.29) is 11.7 Å². The molecule has 1 saturated heterocycles. The standard InChI is InChI=1S/C23H28FN5O/c1-17-7-3-4-13-27(17)16-12-25-22(30)21-18(2)26-29(20-10-8-19(24)9-11-20)23(21)28-14-5-6-15-28/h5-6,8-11,14-15,17H,3-4,7,12-13,16H2,1-2H3,(H,25,30)/t17-/m0/s1. The molecule has 1 amide bonds. The fourth-order valence-corrected chi connectivity index (χ4v) is 4.15. The van der Waals surface area contributed by atoms with Gasteiger partial charge in [-0.2, -0.15) is 5.10 Å². The van der Waals surface area contributed by atoms with E-state index in [2.05, 4.69) is 22.2 Å². The lowest BCUT2D eigenvalue weighted by Crippen LogP contribution is -2.42. The van der Waals surface area contributed by atoms with Gasteiger partial charge in [0.15, 0.2) is 5.82 Å². The summed E-state index contributed by atoms with van der Waals surface area (Å²) in [6, 6.07) is 10.5. The maximum atomic E-state index is 13.4. The summed E-state index contributed by atoms with van der Waals surface area (Å²) in [5, 5.41) is 7.68. The zero-order valence-electron chi connectivity index (χ0n) is 17.5. The summed E-state index contributed by atoms with van der Waals surface area (Å²) in [6.45, 7) is 6.61. The number of aromatic nitrogens is 3. The van der Waals surface area contributed by atoms with Gasteiger partial charge in [-0.3, -0.25) is 9.69 Å². The third-order valence-corrected chi connectivity index (χ3v) is 5.81. The van der Waals surface area contributed by atoms with Crippen LogP contribution in [0.25, 0.3) is 11.5 Å². The van der Waals surface area contributed by atoms with Crippen LogP contribution in [-0.4, -0.2) is 50.8 Å². The van der Waals surface area contributed by atoms with E-state index >= 15 is 0 Å². The van der Waals surface area contributed by atoms with Crippen molar-refractivity contribution in [2.75, 3.05) is 19.6 Å². The molecule has 1 aliphatic heterocycles. The van der Waals surface area contributed by atoms with Crippen LogP contribution >= 0.6 is 0 Å². The Hall–Kier alpha value is -2.93. The smallest absolute Gasteiger partial charge is 0.257 e. The lowest BCUT2D eigenvalue weighted by atomic mass is 10.0. The Kier molecular flexibility index (Phi) is 5.99. The first-order chi connectivity index (χ1) is 14.5. The van der Waals surface area contributed by atoms with Crippen LogP contribution in [0.15, 0.2) is 48.8 Å². The molecule has 0 unspecified atom stereocenters. The topological polar surface area (TPSA) is 55.1 Å². The zero-order chi connectivity index (χ0) is 21.1. The SMILES string of the molecule is Cc1nn(-c2ccc(F)cc2)c(-n2cccc2)c1C(=O)NCCN1CCCC[C@@H]1C. The van der Waals surface area contributed by atoms with E-state index in [1.807, 2.05) is 36.0 Å². The fraction of sp³-hybridized carbons (Fsp3) is 0.391. The van der Waals surface area contributed by atoms with Gasteiger partial charge in [0, 0.05) is 31.5 Å². The molecule has 0 bridgehead atoms. The second-order valence-corrected chi connectivity index (χ2v) is 7.90. The largest absolute Gasteiger partial charge is 0.351 e. The van der Waals surface area contributed by atoms with Gasteiger partial charge in [0.05, 0.1) is 11.4 Å². The lowest BCUT2D eigenvalue weighted by Gasteiger charge is -2.33. The average molecular weight is 410 g/mol. The number of rotatable bonds is 6. The second kappa shape index (κ2) is 8.83. The number of nitrogens with one attached hydrogen (secondary N) is 1. The highest BCUT2D eigenvalue weighted by molar-refractivity contribution is 5.98. The lowest BCUT2D eigenvalue weighted by molar-refractivity contribution is 0.0938. The summed E-state index contributed by atoms with van der Waals surface area (Å²) >= 11 is 0. The van der Waals surface area contributed by atoms with Crippen LogP contribution in [0.2, 0.25) is 0 Å². The molecule has 7 heteroatoms. The molecule has 1 atom stereocenters. The maximum Gasteiger partial charge on any atom is 0.257 e. The number of hydrogen-bond acceptors (Lipinski definition) is 3. The zero-order valence-corrected chi connectivity index (χ0v) is 17.5. The predicted octanol–water partition coefficient (Wildman–Crippen LogP) is 3.71. The molecular formula is C23H28FN5O. The normalized spacial score (nSPS) is 17.2. The molecule has 3 aromatic rings. The van der Waals surface area contributed by atoms with Crippen molar-refractivity contribution in [2.45, 2.75) is 39.2 Å². The van der Waals surface area contributed by atoms with E-state index in [1.165, 1.54) is 31.4 Å². The molecule has 0 spiro atoms. The molecule has 2 aromatic heterocycles. The number of hydrogen-bond donors (Lipinski definition) is 1. The summed E-state index contributed by atoms with van der Waals surface area (Å²) in [5.74, 6) is 0.192. The van der Waals surface area contributed by atoms with Crippen LogP contribution in [0.5, 0.6) is 0 Å². The van der Waals surface area contributed by atoms with E-state index in [4.69, 9.17) is 0 Å². The van der Waals surface area contributed by atoms with Gasteiger partial charge in [-0.1, -0.05) is 6.42 Å². The molecule has 6 nitrogen and oxygen atoms in total. The molecular weight excluding hydrogens is 381 g/mol. The van der Waals surface area contributed by atoms with Gasteiger partial charge < -0.3 is 9.88 Å². The number of amides is 1. The van der Waals surface area contributed by atoms with Crippen LogP contribution in [0.1, 0.15) is 42.2 Å². The quantitative estimate of drug-likeness (QED) is 0.675. The van der Waals surface area contributed by atoms with Crippen LogP contribution in [-0.2, 0) is 0 Å². The minimum Gasteiger partial charge on any atom is -0.351 e. The molecule has 3 heterocycles. The Balaban J connectivity index is 1.59. The number of piperidine rings is 1. The minimum absolute atomic E-state index is 0.144. The van der Waals surface area contributed by atoms with Crippen molar-refractivity contribution in [2.24, 2.45) is 0 Å². The van der Waals surface area contributed by atoms with Gasteiger partial charge in [-0.25, -0.2) is 9.07 Å². The van der Waals surface area contributed by atoms with Gasteiger partial charge >= 0.3 is 0 Å². The molecule has 1 N–H and O–H groups in total. The van der Waals surface area contributed by atoms with Crippen molar-refractivity contribution in [3.8, 4) is 11.5 Å². The van der Waals surface area contributed by atoms with E-state index in [9.17, 15) is 9.18 Å². The highest BCUT2D eigenvalue weighted by Gasteiger charge is 2.24. The number of carbonyl (C=O) groups excluding carboxylic acids is 1. The Morgan fingerprint density at radius 3 is 2.63 bits per heavy atom. The van der Waals surface area contributed by atoms with E-state index in [0.29, 0.717) is 35.3 Å². The van der Waals surface area contributed by atoms with Crippen LogP contribution in [0.3, 0.4) is 0 Å². The van der Waals surface area contributed by atoms with E-state index < -0.39 is 0 Å². The first-order valence-electron chi connectivity index (χ1n) is 10.6. The molecule has 1 aliphatic rings. The number of nitrogens with zero attached hydrogens (tertiary/aromatic N) is 4. The third-order valence-electron chi connectivity index (χ3n) is 5.81. The van der Waals surface area contributed by atoms with E-state index in [1.54, 1.807) is 16.8 Å². The number of likely N-dealkylation sites (tertiary alicyclic amines) is 1. The Morgan fingerprint density at radius 2 is 1.93 bits per heavy atom. The number of aryl methyl sites for hydroxylation is 1. The number of benzene rings is 1. The van der Waals surface area contributed by atoms with Crippen LogP contribution < -0.4 is 5.32 Å². The summed E-state index contributed by atoms with van der Waals surface area (Å²) in [6.07, 6.45) is 7.48. The fourth-order valence-electron chi connectivity index (χ4n) is 4.15. The molecule has 158 valence electrons. The van der Waals surface area contributed by atoms with Crippen molar-refractivity contribution >= 4 is 5.91 Å². The van der Waals surface area contributed by atoms with Crippen molar-refractivity contribution < 1.29 is 9.18 Å². The molecule has 1 aromatic carbocycles. The first kappa shape index (κ1) is 20.3. The summed E-state index contributed by atoms with van der Waals surface area (Å²) < 4.78 is 17.0. The highest BCUT2D eigenvalue weighted by atomic mass is 19.1. The van der Waals surface area contributed by atoms with Gasteiger partial charge in [0.1, 0.15) is 11.4 Å². The maximum absolute atomic E-state index is 13.4. The molecule has 0 aliphatic carbocycles. The van der Waals surface area contributed by atoms with Gasteiger partial charge in [-0.05, 0) is 69.6 Å². The number of carbonyl (C=O) groups is 1. The Bertz CT molecular complexity index is 994. The molecule has 0 radical (unpaired) electrons. The van der Waals surface area contributed by atoms with Gasteiger partial charge in [-0.15, -0.1) is 0 Å². The van der Waals surface area contributed by atoms with Crippen molar-refractivity contribution in [1.29, 1.82) is 0 Å². The highest BCUT2D eigenvalue weighted by Crippen LogP contribution is 2.23. The van der Waals surface area contributed by atoms with E-state index in [0.717, 1.165) is 13.1 Å². The Labute approximate surface area is 176 Å². The van der Waals surface area contributed by atoms with Crippen molar-refractivity contribution in [1.82, 2.24) is 24.6 Å². The summed E-state index contributed by atoms with van der Waals surface area (Å²) in [7, 11) is 0. The van der Waals surface area contributed by atoms with Crippen molar-refractivity contribution in [3.05, 3.63) is 65.9 Å². The average Bonchev–Trinajstić information content (AvgIpc) is 3.37. The monoisotopic (exact) mass is 409 g/mol. The Morgan fingerprint density at radius 1 is 1.20 bits per heavy atom. The molecule has 1 fully saturated rings. The van der Waals surface area contributed by atoms with Crippen molar-refractivity contribution in [3.63, 3.8) is 0 Å². The first-order valence-corrected chi connectivity index (χ1v) is 10.6. The summed E-state index contributed by atoms with van der Waals surface area (Å²) in [5.41, 5.74) is 1.86. The minimum atomic E-state index is -0.310. The molecule has 4 rings (SSSR count). The molecule has 0 saturated carbocycles. The summed E-state index contributed by atoms with van der Waals surface area (Å²) in [4.78, 5) is 15.6. The second-order valence-electron chi connectivity index (χ2n) is 7.90. The van der Waals surface area contributed by atoms with Crippen LogP contribution in [0.4, 0.5) is 4.39 Å².